The average molecular weight is 205 g/mol. The molecule has 0 bridgehead atoms. The highest BCUT2D eigenvalue weighted by Crippen LogP contribution is 2.26. The third kappa shape index (κ3) is 2.12. The molecule has 1 aromatic heterocycles. The summed E-state index contributed by atoms with van der Waals surface area (Å²) in [6.07, 6.45) is 0.458. The molecule has 0 saturated carbocycles. The number of aryl methyl sites for hydroxylation is 1. The molecule has 1 rings (SSSR count). The Labute approximate surface area is 79.5 Å². The van der Waals surface area contributed by atoms with Crippen molar-refractivity contribution in [2.24, 2.45) is 10.9 Å². The molecule has 12 heavy (non-hydrogen) atoms. The molecule has 5 heteroatoms. The van der Waals surface area contributed by atoms with Crippen LogP contribution in [0.25, 0.3) is 0 Å². The molecule has 1 heterocycles. The number of amidine groups is 1. The van der Waals surface area contributed by atoms with Gasteiger partial charge >= 0.3 is 0 Å². The summed E-state index contributed by atoms with van der Waals surface area (Å²) < 4.78 is 0.730. The second-order valence-corrected chi connectivity index (χ2v) is 4.19. The third-order valence-electron chi connectivity index (χ3n) is 1.46. The van der Waals surface area contributed by atoms with Crippen molar-refractivity contribution in [2.45, 2.75) is 13.3 Å². The van der Waals surface area contributed by atoms with E-state index in [4.69, 9.17) is 22.5 Å². The molecule has 66 valence electrons. The molecule has 0 aromatic carbocycles. The highest BCUT2D eigenvalue weighted by Gasteiger charge is 2.05. The standard InChI is InChI=1S/C7H9ClN2OS/c1-4-2-6(8)12-5(4)3-7(9)10-11/h2,11H,3H2,1H3,(H2,9,10). The number of halogens is 1. The summed E-state index contributed by atoms with van der Waals surface area (Å²) in [5.74, 6) is 0.205. The van der Waals surface area contributed by atoms with Crippen molar-refractivity contribution in [1.82, 2.24) is 0 Å². The van der Waals surface area contributed by atoms with Crippen LogP contribution in [-0.4, -0.2) is 11.0 Å². The molecule has 0 aliphatic heterocycles. The van der Waals surface area contributed by atoms with Gasteiger partial charge in [-0.2, -0.15) is 0 Å². The summed E-state index contributed by atoms with van der Waals surface area (Å²) in [7, 11) is 0. The van der Waals surface area contributed by atoms with Crippen molar-refractivity contribution in [3.63, 3.8) is 0 Å². The van der Waals surface area contributed by atoms with E-state index in [0.717, 1.165) is 14.8 Å². The summed E-state index contributed by atoms with van der Waals surface area (Å²) in [5, 5.41) is 11.2. The largest absolute Gasteiger partial charge is 0.409 e. The van der Waals surface area contributed by atoms with Gasteiger partial charge in [0.15, 0.2) is 0 Å². The Morgan fingerprint density at radius 2 is 2.50 bits per heavy atom. The molecule has 0 saturated heterocycles. The highest BCUT2D eigenvalue weighted by atomic mass is 35.5. The Morgan fingerprint density at radius 1 is 1.83 bits per heavy atom. The van der Waals surface area contributed by atoms with E-state index in [2.05, 4.69) is 5.16 Å². The highest BCUT2D eigenvalue weighted by molar-refractivity contribution is 7.16. The smallest absolute Gasteiger partial charge is 0.144 e. The van der Waals surface area contributed by atoms with Crippen molar-refractivity contribution >= 4 is 28.8 Å². The first-order chi connectivity index (χ1) is 5.63. The predicted octanol–water partition coefficient (Wildman–Crippen LogP) is 2.00. The maximum absolute atomic E-state index is 8.33. The second-order valence-electron chi connectivity index (χ2n) is 2.42. The van der Waals surface area contributed by atoms with Crippen LogP contribution < -0.4 is 5.73 Å². The van der Waals surface area contributed by atoms with Crippen LogP contribution in [0.2, 0.25) is 4.34 Å². The lowest BCUT2D eigenvalue weighted by molar-refractivity contribution is 0.317. The quantitative estimate of drug-likeness (QED) is 0.335. The molecule has 0 radical (unpaired) electrons. The molecular formula is C7H9ClN2OS. The van der Waals surface area contributed by atoms with Crippen LogP contribution in [-0.2, 0) is 6.42 Å². The lowest BCUT2D eigenvalue weighted by Gasteiger charge is -1.95. The molecule has 0 atom stereocenters. The minimum atomic E-state index is 0.205. The normalized spacial score (nSPS) is 12.0. The van der Waals surface area contributed by atoms with Crippen LogP contribution in [0.1, 0.15) is 10.4 Å². The van der Waals surface area contributed by atoms with E-state index in [0.29, 0.717) is 6.42 Å². The molecule has 0 spiro atoms. The summed E-state index contributed by atoms with van der Waals surface area (Å²) in [6, 6.07) is 1.87. The number of rotatable bonds is 2. The maximum Gasteiger partial charge on any atom is 0.144 e. The van der Waals surface area contributed by atoms with Gasteiger partial charge in [0.2, 0.25) is 0 Å². The first kappa shape index (κ1) is 9.35. The third-order valence-corrected chi connectivity index (χ3v) is 2.83. The number of oxime groups is 1. The molecular weight excluding hydrogens is 196 g/mol. The minimum absolute atomic E-state index is 0.205. The minimum Gasteiger partial charge on any atom is -0.409 e. The van der Waals surface area contributed by atoms with Crippen LogP contribution in [0, 0.1) is 6.92 Å². The molecule has 0 fully saturated rings. The van der Waals surface area contributed by atoms with Crippen LogP contribution >= 0.6 is 22.9 Å². The van der Waals surface area contributed by atoms with Gasteiger partial charge in [-0.1, -0.05) is 16.8 Å². The van der Waals surface area contributed by atoms with Gasteiger partial charge in [-0.05, 0) is 18.6 Å². The van der Waals surface area contributed by atoms with Gasteiger partial charge in [0.25, 0.3) is 0 Å². The topological polar surface area (TPSA) is 58.6 Å². The number of nitrogens with zero attached hydrogens (tertiary/aromatic N) is 1. The Morgan fingerprint density at radius 3 is 2.92 bits per heavy atom. The van der Waals surface area contributed by atoms with Crippen LogP contribution in [0.5, 0.6) is 0 Å². The lowest BCUT2D eigenvalue weighted by Crippen LogP contribution is -2.14. The first-order valence-electron chi connectivity index (χ1n) is 3.34. The summed E-state index contributed by atoms with van der Waals surface area (Å²) in [5.41, 5.74) is 6.43. The van der Waals surface area contributed by atoms with Crippen molar-refractivity contribution in [1.29, 1.82) is 0 Å². The number of hydrogen-bond acceptors (Lipinski definition) is 3. The number of thiophene rings is 1. The fourth-order valence-electron chi connectivity index (χ4n) is 0.854. The maximum atomic E-state index is 8.33. The monoisotopic (exact) mass is 204 g/mol. The van der Waals surface area contributed by atoms with Crippen LogP contribution in [0.4, 0.5) is 0 Å². The van der Waals surface area contributed by atoms with E-state index in [1.807, 2.05) is 13.0 Å². The fourth-order valence-corrected chi connectivity index (χ4v) is 2.21. The van der Waals surface area contributed by atoms with Gasteiger partial charge in [0.1, 0.15) is 5.84 Å². The van der Waals surface area contributed by atoms with Crippen molar-refractivity contribution in [3.8, 4) is 0 Å². The Bertz CT molecular complexity index is 308. The van der Waals surface area contributed by atoms with E-state index >= 15 is 0 Å². The zero-order valence-corrected chi connectivity index (χ0v) is 8.11. The van der Waals surface area contributed by atoms with Crippen molar-refractivity contribution in [2.75, 3.05) is 0 Å². The van der Waals surface area contributed by atoms with Crippen LogP contribution in [0.15, 0.2) is 11.2 Å². The second kappa shape index (κ2) is 3.78. The number of hydrogen-bond donors (Lipinski definition) is 2. The van der Waals surface area contributed by atoms with Gasteiger partial charge in [0.05, 0.1) is 4.34 Å². The first-order valence-corrected chi connectivity index (χ1v) is 4.54. The zero-order chi connectivity index (χ0) is 9.14. The number of nitrogens with two attached hydrogens (primary N) is 1. The molecule has 1 aromatic rings. The van der Waals surface area contributed by atoms with Gasteiger partial charge < -0.3 is 10.9 Å². The van der Waals surface area contributed by atoms with Crippen molar-refractivity contribution < 1.29 is 5.21 Å². The van der Waals surface area contributed by atoms with E-state index in [9.17, 15) is 0 Å². The Hall–Kier alpha value is -0.740. The Kier molecular flexibility index (Phi) is 2.94. The van der Waals surface area contributed by atoms with Gasteiger partial charge in [0, 0.05) is 11.3 Å². The molecule has 0 amide bonds. The molecule has 0 unspecified atom stereocenters. The van der Waals surface area contributed by atoms with E-state index in [-0.39, 0.29) is 5.84 Å². The Balaban J connectivity index is 2.82. The average Bonchev–Trinajstić information content (AvgIpc) is 2.30. The molecule has 3 N–H and O–H groups in total. The van der Waals surface area contributed by atoms with Gasteiger partial charge in [-0.3, -0.25) is 0 Å². The van der Waals surface area contributed by atoms with Crippen molar-refractivity contribution in [3.05, 3.63) is 20.8 Å². The summed E-state index contributed by atoms with van der Waals surface area (Å²) in [4.78, 5) is 1.04. The predicted molar refractivity (Wildman–Crippen MR) is 51.2 cm³/mol. The van der Waals surface area contributed by atoms with E-state index < -0.39 is 0 Å². The zero-order valence-electron chi connectivity index (χ0n) is 6.54. The van der Waals surface area contributed by atoms with Gasteiger partial charge in [-0.15, -0.1) is 11.3 Å². The van der Waals surface area contributed by atoms with E-state index in [1.54, 1.807) is 0 Å². The van der Waals surface area contributed by atoms with Crippen LogP contribution in [0.3, 0.4) is 0 Å². The fraction of sp³-hybridized carbons (Fsp3) is 0.286. The molecule has 3 nitrogen and oxygen atoms in total. The lowest BCUT2D eigenvalue weighted by atomic mass is 10.2. The summed E-state index contributed by atoms with van der Waals surface area (Å²) in [6.45, 7) is 1.95. The summed E-state index contributed by atoms with van der Waals surface area (Å²) >= 11 is 7.22. The van der Waals surface area contributed by atoms with E-state index in [1.165, 1.54) is 11.3 Å². The van der Waals surface area contributed by atoms with Gasteiger partial charge in [-0.25, -0.2) is 0 Å². The molecule has 0 aliphatic carbocycles. The SMILES string of the molecule is Cc1cc(Cl)sc1C/C(N)=N/O. The molecule has 0 aliphatic rings.